The summed E-state index contributed by atoms with van der Waals surface area (Å²) in [6.45, 7) is -3.21. The van der Waals surface area contributed by atoms with E-state index < -0.39 is 52.9 Å². The summed E-state index contributed by atoms with van der Waals surface area (Å²) < 4.78 is 157. The number of hydrogen-bond donors (Lipinski definition) is 0. The van der Waals surface area contributed by atoms with Crippen LogP contribution in [-0.2, 0) is 33.9 Å². The summed E-state index contributed by atoms with van der Waals surface area (Å²) in [5, 5.41) is 0. The fourth-order valence-electron chi connectivity index (χ4n) is 5.97. The van der Waals surface area contributed by atoms with Crippen molar-refractivity contribution >= 4 is 0 Å². The average molecular weight is 713 g/mol. The Morgan fingerprint density at radius 1 is 0.558 bits per heavy atom. The molecule has 0 aliphatic carbocycles. The Morgan fingerprint density at radius 2 is 1.04 bits per heavy atom. The van der Waals surface area contributed by atoms with Crippen LogP contribution in [0.25, 0.3) is 33.8 Å². The number of benzene rings is 3. The van der Waals surface area contributed by atoms with Crippen LogP contribution in [0.2, 0.25) is 0 Å². The van der Waals surface area contributed by atoms with E-state index in [1.807, 2.05) is 37.6 Å². The van der Waals surface area contributed by atoms with Gasteiger partial charge in [-0.05, 0) is 124 Å². The van der Waals surface area contributed by atoms with Crippen LogP contribution in [0.15, 0.2) is 110 Å². The van der Waals surface area contributed by atoms with Crippen molar-refractivity contribution in [3.05, 3.63) is 160 Å². The van der Waals surface area contributed by atoms with Gasteiger partial charge in [-0.25, -0.2) is 13.7 Å². The van der Waals surface area contributed by atoms with Crippen LogP contribution in [0.3, 0.4) is 0 Å². The molecule has 0 amide bonds. The number of nitrogens with zero attached hydrogens (tertiary/aromatic N) is 3. The van der Waals surface area contributed by atoms with Gasteiger partial charge in [0.05, 0.1) is 0 Å². The zero-order valence-electron chi connectivity index (χ0n) is 51.2. The monoisotopic (exact) mass is 713 g/mol. The quantitative estimate of drug-likeness (QED) is 0.152. The molecule has 3 heteroatoms. The molecule has 0 fully saturated rings. The highest BCUT2D eigenvalue weighted by molar-refractivity contribution is 5.63. The van der Waals surface area contributed by atoms with Crippen molar-refractivity contribution in [2.45, 2.75) is 87.5 Å². The maximum Gasteiger partial charge on any atom is 0.212 e. The van der Waals surface area contributed by atoms with Gasteiger partial charge in [0.2, 0.25) is 17.1 Å². The number of aryl methyl sites for hydroxylation is 11. The van der Waals surface area contributed by atoms with E-state index in [-0.39, 0.29) is 16.7 Å². The van der Waals surface area contributed by atoms with Crippen LogP contribution in [0.5, 0.6) is 0 Å². The lowest BCUT2D eigenvalue weighted by atomic mass is 9.96. The highest BCUT2D eigenvalue weighted by Gasteiger charge is 2.15. The van der Waals surface area contributed by atoms with E-state index in [0.29, 0.717) is 22.3 Å². The summed E-state index contributed by atoms with van der Waals surface area (Å²) in [7, 11) is 5.37. The predicted octanol–water partition coefficient (Wildman–Crippen LogP) is 10.6. The Balaban J connectivity index is 0.000000235. The van der Waals surface area contributed by atoms with E-state index in [9.17, 15) is 0 Å². The lowest BCUT2D eigenvalue weighted by molar-refractivity contribution is -0.660. The SMILES string of the molecule is [2H]C([2H])([2H])c1ccc(-c2ccc(C([2H])(C)C([2H])([2H])[2H])cc2C)[n+](C)c1.[2H]C([2H])([2H])c1ccc(-c2ccc(C([2H])([2H])C([2H])([2H])[2H])cc2C)[n+](C)c1.[2H]C([2H])([2H])c1ccc(-c2ccc(C([2H])([2H])C)c[n+]2C)c(C)c1. The molecule has 52 heavy (non-hydrogen) atoms. The number of aromatic nitrogens is 3. The van der Waals surface area contributed by atoms with Gasteiger partial charge in [0, 0.05) is 79.0 Å². The summed E-state index contributed by atoms with van der Waals surface area (Å²) >= 11 is 0. The molecule has 0 bridgehead atoms. The fourth-order valence-corrected chi connectivity index (χ4v) is 5.97. The van der Waals surface area contributed by atoms with Crippen molar-refractivity contribution in [2.75, 3.05) is 0 Å². The van der Waals surface area contributed by atoms with E-state index in [2.05, 4.69) is 0 Å². The third kappa shape index (κ3) is 10.1. The second-order valence-corrected chi connectivity index (χ2v) is 12.8. The van der Waals surface area contributed by atoms with Crippen molar-refractivity contribution < 1.29 is 41.1 Å². The fraction of sp³-hybridized carbons (Fsp3) is 0.327. The standard InChI is InChI=1S/C17H22N.2C16H20N/c1-12(2)15-7-8-16(14(4)10-15)17-9-6-13(3)11-18(17)5;1-5-14-7-8-15(13(3)10-14)16-9-6-12(2)11-17(16)4;1-5-14-7-9-16(17(4)11-14)15-8-6-12(2)10-13(15)3/h6-12H,1-5H3;2*6-11H,5H2,1-4H3/q3*+1/i1D3,3D3,12D;1D3,2D3,5D2;2D3,5D2. The number of rotatable bonds is 6. The van der Waals surface area contributed by atoms with Crippen LogP contribution < -0.4 is 13.7 Å². The molecule has 1 unspecified atom stereocenters. The Hall–Kier alpha value is -4.89. The summed E-state index contributed by atoms with van der Waals surface area (Å²) in [6, 6.07) is 25.1. The van der Waals surface area contributed by atoms with Crippen molar-refractivity contribution in [1.82, 2.24) is 0 Å². The largest absolute Gasteiger partial charge is 0.212 e. The summed E-state index contributed by atoms with van der Waals surface area (Å²) in [6.07, 6.45) is 1.05. The highest BCUT2D eigenvalue weighted by Crippen LogP contribution is 2.25. The first-order valence-corrected chi connectivity index (χ1v) is 16.8. The lowest BCUT2D eigenvalue weighted by Gasteiger charge is -2.10. The molecule has 6 rings (SSSR count). The van der Waals surface area contributed by atoms with Crippen molar-refractivity contribution in [3.63, 3.8) is 0 Å². The van der Waals surface area contributed by atoms with E-state index in [1.165, 1.54) is 38.2 Å². The maximum absolute atomic E-state index is 8.20. The minimum atomic E-state index is -2.76. The van der Waals surface area contributed by atoms with E-state index >= 15 is 0 Å². The van der Waals surface area contributed by atoms with E-state index in [0.717, 1.165) is 44.9 Å². The van der Waals surface area contributed by atoms with Gasteiger partial charge >= 0.3 is 0 Å². The Morgan fingerprint density at radius 3 is 1.50 bits per heavy atom. The van der Waals surface area contributed by atoms with Crippen molar-refractivity contribution in [3.8, 4) is 33.8 Å². The summed E-state index contributed by atoms with van der Waals surface area (Å²) in [4.78, 5) is 0. The van der Waals surface area contributed by atoms with Gasteiger partial charge in [-0.2, -0.15) is 0 Å². The third-order valence-corrected chi connectivity index (χ3v) is 8.77. The summed E-state index contributed by atoms with van der Waals surface area (Å²) in [5.41, 5.74) is 9.46. The van der Waals surface area contributed by atoms with Crippen LogP contribution in [0.4, 0.5) is 0 Å². The molecule has 3 aromatic carbocycles. The van der Waals surface area contributed by atoms with Crippen LogP contribution >= 0.6 is 0 Å². The first kappa shape index (κ1) is 20.4. The topological polar surface area (TPSA) is 11.6 Å². The minimum Gasteiger partial charge on any atom is -0.201 e. The molecule has 270 valence electrons. The molecule has 6 aromatic rings. The Labute approximate surface area is 343 Å². The minimum absolute atomic E-state index is 0.0931. The normalized spacial score (nSPS) is 19.3. The second kappa shape index (κ2) is 18.0. The molecule has 0 aliphatic rings. The summed E-state index contributed by atoms with van der Waals surface area (Å²) in [5.74, 6) is -1.69. The average Bonchev–Trinajstić information content (AvgIpc) is 3.22. The molecule has 0 aliphatic heterocycles. The van der Waals surface area contributed by atoms with Gasteiger partial charge in [0.25, 0.3) is 0 Å². The predicted molar refractivity (Wildman–Crippen MR) is 220 cm³/mol. The van der Waals surface area contributed by atoms with Gasteiger partial charge < -0.3 is 0 Å². The first-order valence-electron chi connectivity index (χ1n) is 26.8. The molecule has 3 aromatic heterocycles. The molecule has 1 atom stereocenters. The van der Waals surface area contributed by atoms with Crippen molar-refractivity contribution in [2.24, 2.45) is 21.1 Å². The zero-order valence-corrected chi connectivity index (χ0v) is 31.2. The maximum atomic E-state index is 8.20. The van der Waals surface area contributed by atoms with Gasteiger partial charge in [0.15, 0.2) is 18.6 Å². The van der Waals surface area contributed by atoms with Crippen molar-refractivity contribution in [1.29, 1.82) is 0 Å². The smallest absolute Gasteiger partial charge is 0.201 e. The Bertz CT molecular complexity index is 2700. The van der Waals surface area contributed by atoms with Crippen LogP contribution in [0, 0.1) is 41.3 Å². The first-order chi connectivity index (χ1) is 32.5. The number of pyridine rings is 3. The van der Waals surface area contributed by atoms with Gasteiger partial charge in [-0.1, -0.05) is 69.5 Å². The molecule has 0 saturated heterocycles. The molecular weight excluding hydrogens is 631 g/mol. The van der Waals surface area contributed by atoms with Gasteiger partial charge in [-0.15, -0.1) is 0 Å². The molecule has 3 nitrogen and oxygen atoms in total. The Kier molecular flexibility index (Phi) is 7.07. The molecule has 0 N–H and O–H groups in total. The molecule has 0 saturated carbocycles. The number of hydrogen-bond acceptors (Lipinski definition) is 0. The van der Waals surface area contributed by atoms with Crippen LogP contribution in [0.1, 0.15) is 111 Å². The van der Waals surface area contributed by atoms with Gasteiger partial charge in [-0.3, -0.25) is 0 Å². The lowest BCUT2D eigenvalue weighted by Crippen LogP contribution is -2.31. The molecule has 0 radical (unpaired) electrons. The molecule has 3 heterocycles. The van der Waals surface area contributed by atoms with E-state index in [4.69, 9.17) is 27.4 Å². The van der Waals surface area contributed by atoms with Gasteiger partial charge in [0.1, 0.15) is 21.1 Å². The molecular formula is C49H62N3+3. The zero-order chi connectivity index (χ0) is 55.1. The van der Waals surface area contributed by atoms with E-state index in [1.54, 1.807) is 103 Å². The second-order valence-electron chi connectivity index (χ2n) is 12.8. The highest BCUT2D eigenvalue weighted by atomic mass is 14.9. The van der Waals surface area contributed by atoms with Crippen LogP contribution in [-0.4, -0.2) is 0 Å². The third-order valence-electron chi connectivity index (χ3n) is 8.77. The molecule has 0 spiro atoms.